The lowest BCUT2D eigenvalue weighted by atomic mass is 10.1. The first-order valence-corrected chi connectivity index (χ1v) is 7.12. The van der Waals surface area contributed by atoms with Crippen LogP contribution in [-0.2, 0) is 6.42 Å². The molecule has 1 fully saturated rings. The zero-order valence-corrected chi connectivity index (χ0v) is 12.7. The van der Waals surface area contributed by atoms with E-state index in [0.717, 1.165) is 24.4 Å². The molecule has 0 radical (unpaired) electrons. The molecule has 3 nitrogen and oxygen atoms in total. The second-order valence-electron chi connectivity index (χ2n) is 4.74. The van der Waals surface area contributed by atoms with Crippen molar-refractivity contribution < 1.29 is 4.79 Å². The van der Waals surface area contributed by atoms with Crippen molar-refractivity contribution in [2.45, 2.75) is 39.3 Å². The first kappa shape index (κ1) is 15.5. The van der Waals surface area contributed by atoms with Crippen LogP contribution in [0.2, 0.25) is 0 Å². The van der Waals surface area contributed by atoms with Crippen molar-refractivity contribution in [2.24, 2.45) is 0 Å². The zero-order chi connectivity index (χ0) is 12.4. The van der Waals surface area contributed by atoms with Crippen LogP contribution in [0.3, 0.4) is 0 Å². The average molecular weight is 289 g/mol. The van der Waals surface area contributed by atoms with Gasteiger partial charge in [0.25, 0.3) is 5.91 Å². The van der Waals surface area contributed by atoms with E-state index in [1.165, 1.54) is 5.56 Å². The molecule has 1 N–H and O–H groups in total. The molecule has 18 heavy (non-hydrogen) atoms. The normalized spacial score (nSPS) is 23.6. The predicted molar refractivity (Wildman–Crippen MR) is 78.9 cm³/mol. The predicted octanol–water partition coefficient (Wildman–Crippen LogP) is 2.55. The molecule has 1 aromatic heterocycles. The van der Waals surface area contributed by atoms with Gasteiger partial charge in [0.1, 0.15) is 0 Å². The molecule has 5 heteroatoms. The molecule has 1 saturated heterocycles. The van der Waals surface area contributed by atoms with Crippen LogP contribution >= 0.6 is 23.7 Å². The third-order valence-corrected chi connectivity index (χ3v) is 4.29. The van der Waals surface area contributed by atoms with E-state index in [1.54, 1.807) is 11.3 Å². The van der Waals surface area contributed by atoms with Gasteiger partial charge in [-0.25, -0.2) is 0 Å². The summed E-state index contributed by atoms with van der Waals surface area (Å²) in [5, 5.41) is 5.42. The van der Waals surface area contributed by atoms with E-state index in [2.05, 4.69) is 32.2 Å². The number of aryl methyl sites for hydroxylation is 1. The third kappa shape index (κ3) is 3.05. The molecule has 0 aliphatic carbocycles. The number of nitrogens with one attached hydrogen (secondary N) is 1. The number of rotatable bonds is 2. The first-order valence-electron chi connectivity index (χ1n) is 6.24. The summed E-state index contributed by atoms with van der Waals surface area (Å²) in [6, 6.07) is 2.74. The molecule has 2 atom stereocenters. The SMILES string of the molecule is CCc1ccsc1C(=O)N1CC(C)NCC1C.Cl. The Morgan fingerprint density at radius 3 is 2.94 bits per heavy atom. The van der Waals surface area contributed by atoms with Crippen molar-refractivity contribution in [3.8, 4) is 0 Å². The van der Waals surface area contributed by atoms with E-state index in [1.807, 2.05) is 10.3 Å². The number of thiophene rings is 1. The van der Waals surface area contributed by atoms with Crippen LogP contribution in [0.5, 0.6) is 0 Å². The first-order chi connectivity index (χ1) is 8.13. The van der Waals surface area contributed by atoms with Gasteiger partial charge in [-0.1, -0.05) is 6.92 Å². The Bertz CT molecular complexity index is 407. The molecule has 2 heterocycles. The Balaban J connectivity index is 0.00000162. The van der Waals surface area contributed by atoms with E-state index in [0.29, 0.717) is 6.04 Å². The van der Waals surface area contributed by atoms with Gasteiger partial charge < -0.3 is 10.2 Å². The van der Waals surface area contributed by atoms with Gasteiger partial charge in [-0.3, -0.25) is 4.79 Å². The second kappa shape index (κ2) is 6.55. The monoisotopic (exact) mass is 288 g/mol. The van der Waals surface area contributed by atoms with Crippen molar-refractivity contribution in [2.75, 3.05) is 13.1 Å². The average Bonchev–Trinajstić information content (AvgIpc) is 2.79. The van der Waals surface area contributed by atoms with Crippen LogP contribution in [0.1, 0.15) is 36.0 Å². The fourth-order valence-corrected chi connectivity index (χ4v) is 3.19. The number of hydrogen-bond donors (Lipinski definition) is 1. The fourth-order valence-electron chi connectivity index (χ4n) is 2.24. The molecule has 2 unspecified atom stereocenters. The maximum Gasteiger partial charge on any atom is 0.264 e. The van der Waals surface area contributed by atoms with E-state index in [4.69, 9.17) is 0 Å². The number of hydrogen-bond acceptors (Lipinski definition) is 3. The van der Waals surface area contributed by atoms with Crippen LogP contribution in [0.15, 0.2) is 11.4 Å². The Hall–Kier alpha value is -0.580. The molecule has 0 aromatic carbocycles. The molecule has 1 amide bonds. The van der Waals surface area contributed by atoms with Crippen LogP contribution in [0, 0.1) is 0 Å². The van der Waals surface area contributed by atoms with Gasteiger partial charge in [0, 0.05) is 25.2 Å². The molecular formula is C13H21ClN2OS. The molecule has 1 aliphatic heterocycles. The standard InChI is InChI=1S/C13H20N2OS.ClH/c1-4-11-5-6-17-12(11)13(16)15-8-9(2)14-7-10(15)3;/h5-6,9-10,14H,4,7-8H2,1-3H3;1H. The maximum absolute atomic E-state index is 12.5. The molecule has 1 aromatic rings. The van der Waals surface area contributed by atoms with Crippen molar-refractivity contribution in [1.29, 1.82) is 0 Å². The zero-order valence-electron chi connectivity index (χ0n) is 11.1. The lowest BCUT2D eigenvalue weighted by Crippen LogP contribution is -2.56. The molecule has 0 saturated carbocycles. The Morgan fingerprint density at radius 2 is 2.28 bits per heavy atom. The van der Waals surface area contributed by atoms with E-state index < -0.39 is 0 Å². The Morgan fingerprint density at radius 1 is 1.56 bits per heavy atom. The molecular weight excluding hydrogens is 268 g/mol. The lowest BCUT2D eigenvalue weighted by molar-refractivity contribution is 0.0620. The van der Waals surface area contributed by atoms with Crippen LogP contribution < -0.4 is 5.32 Å². The second-order valence-corrected chi connectivity index (χ2v) is 5.66. The van der Waals surface area contributed by atoms with Crippen LogP contribution in [0.25, 0.3) is 0 Å². The largest absolute Gasteiger partial charge is 0.332 e. The van der Waals surface area contributed by atoms with Crippen LogP contribution in [0.4, 0.5) is 0 Å². The molecule has 102 valence electrons. The third-order valence-electron chi connectivity index (χ3n) is 3.35. The highest BCUT2D eigenvalue weighted by Crippen LogP contribution is 2.21. The molecule has 0 bridgehead atoms. The summed E-state index contributed by atoms with van der Waals surface area (Å²) in [4.78, 5) is 15.4. The van der Waals surface area contributed by atoms with Crippen molar-refractivity contribution in [3.63, 3.8) is 0 Å². The van der Waals surface area contributed by atoms with E-state index in [-0.39, 0.29) is 24.4 Å². The van der Waals surface area contributed by atoms with Crippen molar-refractivity contribution in [1.82, 2.24) is 10.2 Å². The van der Waals surface area contributed by atoms with Gasteiger partial charge in [-0.05, 0) is 37.3 Å². The highest BCUT2D eigenvalue weighted by atomic mass is 35.5. The molecule has 0 spiro atoms. The maximum atomic E-state index is 12.5. The smallest absolute Gasteiger partial charge is 0.264 e. The summed E-state index contributed by atoms with van der Waals surface area (Å²) >= 11 is 1.57. The minimum Gasteiger partial charge on any atom is -0.332 e. The van der Waals surface area contributed by atoms with Gasteiger partial charge in [-0.2, -0.15) is 0 Å². The molecule has 1 aliphatic rings. The summed E-state index contributed by atoms with van der Waals surface area (Å²) in [6.07, 6.45) is 0.931. The number of piperazine rings is 1. The number of amides is 1. The summed E-state index contributed by atoms with van der Waals surface area (Å²) in [5.41, 5.74) is 1.18. The van der Waals surface area contributed by atoms with Gasteiger partial charge in [-0.15, -0.1) is 23.7 Å². The Kier molecular flexibility index (Phi) is 5.63. The van der Waals surface area contributed by atoms with E-state index >= 15 is 0 Å². The van der Waals surface area contributed by atoms with Gasteiger partial charge in [0.2, 0.25) is 0 Å². The number of halogens is 1. The van der Waals surface area contributed by atoms with E-state index in [9.17, 15) is 4.79 Å². The summed E-state index contributed by atoms with van der Waals surface area (Å²) in [6.45, 7) is 8.03. The lowest BCUT2D eigenvalue weighted by Gasteiger charge is -2.37. The highest BCUT2D eigenvalue weighted by Gasteiger charge is 2.28. The van der Waals surface area contributed by atoms with Gasteiger partial charge in [0.15, 0.2) is 0 Å². The van der Waals surface area contributed by atoms with Gasteiger partial charge in [0.05, 0.1) is 4.88 Å². The minimum atomic E-state index is 0. The highest BCUT2D eigenvalue weighted by molar-refractivity contribution is 7.12. The van der Waals surface area contributed by atoms with Crippen molar-refractivity contribution >= 4 is 29.7 Å². The topological polar surface area (TPSA) is 32.3 Å². The van der Waals surface area contributed by atoms with Crippen molar-refractivity contribution in [3.05, 3.63) is 21.9 Å². The fraction of sp³-hybridized carbons (Fsp3) is 0.615. The summed E-state index contributed by atoms with van der Waals surface area (Å²) in [5.74, 6) is 0.206. The molecule has 2 rings (SSSR count). The number of carbonyl (C=O) groups excluding carboxylic acids is 1. The van der Waals surface area contributed by atoms with Crippen LogP contribution in [-0.4, -0.2) is 36.0 Å². The summed E-state index contributed by atoms with van der Waals surface area (Å²) < 4.78 is 0. The Labute approximate surface area is 119 Å². The summed E-state index contributed by atoms with van der Waals surface area (Å²) in [7, 11) is 0. The number of carbonyl (C=O) groups is 1. The van der Waals surface area contributed by atoms with Gasteiger partial charge >= 0.3 is 0 Å². The quantitative estimate of drug-likeness (QED) is 0.907. The minimum absolute atomic E-state index is 0. The number of nitrogens with zero attached hydrogens (tertiary/aromatic N) is 1.